The third-order valence-electron chi connectivity index (χ3n) is 3.74. The van der Waals surface area contributed by atoms with Crippen LogP contribution >= 0.6 is 0 Å². The van der Waals surface area contributed by atoms with Crippen LogP contribution < -0.4 is 0 Å². The first kappa shape index (κ1) is 15.1. The minimum Gasteiger partial charge on any atom is -0.394 e. The van der Waals surface area contributed by atoms with E-state index in [1.54, 1.807) is 0 Å². The Hall–Kier alpha value is -0.320. The Morgan fingerprint density at radius 3 is 2.11 bits per heavy atom. The molecule has 1 saturated carbocycles. The number of hydrogen-bond donors (Lipinski definition) is 6. The Morgan fingerprint density at radius 2 is 1.63 bits per heavy atom. The van der Waals surface area contributed by atoms with Gasteiger partial charge in [-0.1, -0.05) is 0 Å². The first-order valence-corrected chi connectivity index (χ1v) is 6.24. The maximum absolute atomic E-state index is 9.64. The van der Waals surface area contributed by atoms with Gasteiger partial charge >= 0.3 is 0 Å². The Bertz CT molecular complexity index is 300. The van der Waals surface area contributed by atoms with E-state index < -0.39 is 55.4 Å². The van der Waals surface area contributed by atoms with Crippen LogP contribution in [0.1, 0.15) is 6.42 Å². The van der Waals surface area contributed by atoms with Crippen molar-refractivity contribution in [3.63, 3.8) is 0 Å². The number of hydrogen-bond acceptors (Lipinski definition) is 8. The predicted octanol–water partition coefficient (Wildman–Crippen LogP) is -3.46. The number of aliphatic hydroxyl groups excluding tert-OH is 6. The second-order valence-electron chi connectivity index (χ2n) is 5.08. The highest BCUT2D eigenvalue weighted by molar-refractivity contribution is 4.92. The average molecular weight is 280 g/mol. The van der Waals surface area contributed by atoms with Crippen LogP contribution in [0.4, 0.5) is 0 Å². The summed E-state index contributed by atoms with van der Waals surface area (Å²) in [6, 6.07) is 0. The summed E-state index contributed by atoms with van der Waals surface area (Å²) in [4.78, 5) is 0. The van der Waals surface area contributed by atoms with Gasteiger partial charge in [-0.2, -0.15) is 0 Å². The fourth-order valence-electron chi connectivity index (χ4n) is 2.48. The number of rotatable bonds is 4. The molecule has 8 atom stereocenters. The van der Waals surface area contributed by atoms with E-state index in [9.17, 15) is 25.5 Å². The molecule has 0 unspecified atom stereocenters. The SMILES string of the molecule is OC[C@H]1O[C@H](OC[C@H]2C[C@@H](O)[C@@H](O)[C@@H]2O)[C@@H](O)[C@@H]1O. The highest BCUT2D eigenvalue weighted by Crippen LogP contribution is 2.29. The van der Waals surface area contributed by atoms with Gasteiger partial charge in [0.05, 0.1) is 25.4 Å². The quantitative estimate of drug-likeness (QED) is 0.312. The van der Waals surface area contributed by atoms with Crippen molar-refractivity contribution in [2.45, 2.75) is 49.3 Å². The fraction of sp³-hybridized carbons (Fsp3) is 1.00. The smallest absolute Gasteiger partial charge is 0.186 e. The van der Waals surface area contributed by atoms with E-state index in [4.69, 9.17) is 14.6 Å². The molecule has 0 bridgehead atoms. The van der Waals surface area contributed by atoms with Crippen LogP contribution in [-0.2, 0) is 9.47 Å². The Kier molecular flexibility index (Phi) is 4.75. The Labute approximate surface area is 109 Å². The van der Waals surface area contributed by atoms with E-state index in [-0.39, 0.29) is 13.0 Å². The van der Waals surface area contributed by atoms with Crippen LogP contribution in [0.2, 0.25) is 0 Å². The van der Waals surface area contributed by atoms with Crippen LogP contribution in [-0.4, -0.2) is 86.8 Å². The molecule has 0 aromatic rings. The summed E-state index contributed by atoms with van der Waals surface area (Å²) < 4.78 is 10.3. The zero-order chi connectivity index (χ0) is 14.2. The molecule has 0 amide bonds. The molecule has 0 spiro atoms. The minimum absolute atomic E-state index is 0.0398. The van der Waals surface area contributed by atoms with E-state index in [0.717, 1.165) is 0 Å². The van der Waals surface area contributed by atoms with Crippen molar-refractivity contribution in [2.24, 2.45) is 5.92 Å². The molecule has 2 fully saturated rings. The highest BCUT2D eigenvalue weighted by atomic mass is 16.7. The summed E-state index contributed by atoms with van der Waals surface area (Å²) in [6.07, 6.45) is -7.68. The molecular formula is C11H20O8. The van der Waals surface area contributed by atoms with Crippen LogP contribution in [0.15, 0.2) is 0 Å². The van der Waals surface area contributed by atoms with Gasteiger partial charge in [0.25, 0.3) is 0 Å². The third kappa shape index (κ3) is 2.91. The lowest BCUT2D eigenvalue weighted by Gasteiger charge is -2.20. The lowest BCUT2D eigenvalue weighted by atomic mass is 10.1. The molecule has 0 aromatic carbocycles. The first-order valence-electron chi connectivity index (χ1n) is 6.24. The van der Waals surface area contributed by atoms with E-state index in [2.05, 4.69) is 0 Å². The molecule has 8 heteroatoms. The summed E-state index contributed by atoms with van der Waals surface area (Å²) in [5.74, 6) is -0.480. The third-order valence-corrected chi connectivity index (χ3v) is 3.74. The van der Waals surface area contributed by atoms with Gasteiger partial charge in [0.15, 0.2) is 6.29 Å². The molecule has 19 heavy (non-hydrogen) atoms. The Morgan fingerprint density at radius 1 is 0.947 bits per heavy atom. The molecule has 1 saturated heterocycles. The van der Waals surface area contributed by atoms with Gasteiger partial charge in [0.1, 0.15) is 24.4 Å². The van der Waals surface area contributed by atoms with Gasteiger partial charge in [0.2, 0.25) is 0 Å². The van der Waals surface area contributed by atoms with Gasteiger partial charge in [-0.05, 0) is 6.42 Å². The zero-order valence-electron chi connectivity index (χ0n) is 10.2. The lowest BCUT2D eigenvalue weighted by Crippen LogP contribution is -2.36. The van der Waals surface area contributed by atoms with E-state index >= 15 is 0 Å². The summed E-state index contributed by atoms with van der Waals surface area (Å²) in [5.41, 5.74) is 0. The van der Waals surface area contributed by atoms with Crippen LogP contribution in [0.5, 0.6) is 0 Å². The average Bonchev–Trinajstić information content (AvgIpc) is 2.81. The van der Waals surface area contributed by atoms with Crippen molar-refractivity contribution in [3.8, 4) is 0 Å². The molecule has 2 aliphatic rings. The molecule has 0 aromatic heterocycles. The largest absolute Gasteiger partial charge is 0.394 e. The van der Waals surface area contributed by atoms with Gasteiger partial charge in [-0.15, -0.1) is 0 Å². The van der Waals surface area contributed by atoms with Gasteiger partial charge in [0, 0.05) is 5.92 Å². The van der Waals surface area contributed by atoms with E-state index in [1.807, 2.05) is 0 Å². The Balaban J connectivity index is 1.83. The molecule has 1 aliphatic carbocycles. The summed E-state index contributed by atoms with van der Waals surface area (Å²) in [5, 5.41) is 56.5. The fourth-order valence-corrected chi connectivity index (χ4v) is 2.48. The van der Waals surface area contributed by atoms with Crippen molar-refractivity contribution in [1.82, 2.24) is 0 Å². The molecule has 1 aliphatic heterocycles. The van der Waals surface area contributed by atoms with E-state index in [0.29, 0.717) is 0 Å². The normalized spacial score (nSPS) is 50.8. The molecule has 112 valence electrons. The van der Waals surface area contributed by atoms with Gasteiger partial charge < -0.3 is 40.1 Å². The van der Waals surface area contributed by atoms with Gasteiger partial charge in [-0.25, -0.2) is 0 Å². The van der Waals surface area contributed by atoms with Crippen LogP contribution in [0.3, 0.4) is 0 Å². The lowest BCUT2D eigenvalue weighted by molar-refractivity contribution is -0.180. The molecule has 8 nitrogen and oxygen atoms in total. The van der Waals surface area contributed by atoms with Crippen molar-refractivity contribution >= 4 is 0 Å². The highest BCUT2D eigenvalue weighted by Gasteiger charge is 2.45. The van der Waals surface area contributed by atoms with Crippen LogP contribution in [0.25, 0.3) is 0 Å². The molecule has 1 heterocycles. The number of aliphatic hydroxyl groups is 6. The maximum Gasteiger partial charge on any atom is 0.186 e. The minimum atomic E-state index is -1.29. The predicted molar refractivity (Wildman–Crippen MR) is 59.8 cm³/mol. The summed E-state index contributed by atoms with van der Waals surface area (Å²) in [6.45, 7) is -0.483. The topological polar surface area (TPSA) is 140 Å². The van der Waals surface area contributed by atoms with Crippen molar-refractivity contribution < 1.29 is 40.1 Å². The standard InChI is InChI=1S/C11H20O8/c12-2-6-9(16)10(17)11(19-6)18-3-4-1-5(13)8(15)7(4)14/h4-17H,1-3H2/t4-,5-,6-,7-,8-,9-,10+,11+/m1/s1. The van der Waals surface area contributed by atoms with Crippen molar-refractivity contribution in [3.05, 3.63) is 0 Å². The molecule has 0 radical (unpaired) electrons. The summed E-state index contributed by atoms with van der Waals surface area (Å²) in [7, 11) is 0. The molecular weight excluding hydrogens is 260 g/mol. The van der Waals surface area contributed by atoms with Crippen LogP contribution in [0, 0.1) is 5.92 Å². The second-order valence-corrected chi connectivity index (χ2v) is 5.08. The van der Waals surface area contributed by atoms with E-state index in [1.165, 1.54) is 0 Å². The van der Waals surface area contributed by atoms with Crippen molar-refractivity contribution in [1.29, 1.82) is 0 Å². The van der Waals surface area contributed by atoms with Gasteiger partial charge in [-0.3, -0.25) is 0 Å². The zero-order valence-corrected chi connectivity index (χ0v) is 10.2. The summed E-state index contributed by atoms with van der Waals surface area (Å²) >= 11 is 0. The monoisotopic (exact) mass is 280 g/mol. The molecule has 2 rings (SSSR count). The second kappa shape index (κ2) is 5.98. The first-order chi connectivity index (χ1) is 8.95. The van der Waals surface area contributed by atoms with Crippen molar-refractivity contribution in [2.75, 3.05) is 13.2 Å². The number of ether oxygens (including phenoxy) is 2. The molecule has 6 N–H and O–H groups in total. The maximum atomic E-state index is 9.64.